The Balaban J connectivity index is 4.53. The molecular weight excluding hydrogens is 272 g/mol. The standard InChI is InChI=1S/C11H22N2O5S/c1-5-13(8-9(2)10(14)15)11(16)12(3)6-7-19(4,17)18/h9H,5-8H2,1-4H3,(H,14,15). The maximum Gasteiger partial charge on any atom is 0.319 e. The molecule has 0 bridgehead atoms. The molecule has 0 spiro atoms. The van der Waals surface area contributed by atoms with Crippen LogP contribution in [0.2, 0.25) is 0 Å². The summed E-state index contributed by atoms with van der Waals surface area (Å²) in [6.07, 6.45) is 1.11. The quantitative estimate of drug-likeness (QED) is 0.720. The maximum absolute atomic E-state index is 12.0. The largest absolute Gasteiger partial charge is 0.481 e. The highest BCUT2D eigenvalue weighted by Gasteiger charge is 2.22. The van der Waals surface area contributed by atoms with Gasteiger partial charge in [0, 0.05) is 32.9 Å². The van der Waals surface area contributed by atoms with Crippen LogP contribution in [0.1, 0.15) is 13.8 Å². The first-order valence-corrected chi connectivity index (χ1v) is 8.05. The second-order valence-corrected chi connectivity index (χ2v) is 6.87. The molecule has 0 saturated carbocycles. The molecule has 0 aromatic rings. The van der Waals surface area contributed by atoms with Crippen molar-refractivity contribution in [3.63, 3.8) is 0 Å². The summed E-state index contributed by atoms with van der Waals surface area (Å²) in [6.45, 7) is 3.84. The van der Waals surface area contributed by atoms with E-state index in [0.717, 1.165) is 6.26 Å². The van der Waals surface area contributed by atoms with E-state index >= 15 is 0 Å². The number of amides is 2. The van der Waals surface area contributed by atoms with E-state index in [1.54, 1.807) is 6.92 Å². The van der Waals surface area contributed by atoms with Crippen LogP contribution in [0.25, 0.3) is 0 Å². The van der Waals surface area contributed by atoms with E-state index in [4.69, 9.17) is 5.11 Å². The normalized spacial score (nSPS) is 12.8. The Morgan fingerprint density at radius 2 is 1.84 bits per heavy atom. The summed E-state index contributed by atoms with van der Waals surface area (Å²) >= 11 is 0. The molecule has 0 aliphatic rings. The molecule has 8 heteroatoms. The molecule has 7 nitrogen and oxygen atoms in total. The molecular formula is C11H22N2O5S. The number of carboxylic acids is 1. The lowest BCUT2D eigenvalue weighted by molar-refractivity contribution is -0.141. The van der Waals surface area contributed by atoms with Crippen molar-refractivity contribution in [3.8, 4) is 0 Å². The number of nitrogens with zero attached hydrogens (tertiary/aromatic N) is 2. The van der Waals surface area contributed by atoms with Gasteiger partial charge in [0.15, 0.2) is 0 Å². The predicted octanol–water partition coefficient (Wildman–Crippen LogP) is 0.125. The fourth-order valence-corrected chi connectivity index (χ4v) is 2.00. The molecule has 2 amide bonds. The average molecular weight is 294 g/mol. The Kier molecular flexibility index (Phi) is 6.82. The van der Waals surface area contributed by atoms with E-state index in [1.165, 1.54) is 23.8 Å². The van der Waals surface area contributed by atoms with Gasteiger partial charge in [-0.2, -0.15) is 0 Å². The summed E-state index contributed by atoms with van der Waals surface area (Å²) in [7, 11) is -1.63. The number of sulfone groups is 1. The van der Waals surface area contributed by atoms with Crippen molar-refractivity contribution >= 4 is 21.8 Å². The van der Waals surface area contributed by atoms with Gasteiger partial charge in [0.25, 0.3) is 0 Å². The van der Waals surface area contributed by atoms with Crippen LogP contribution in [-0.2, 0) is 14.6 Å². The predicted molar refractivity (Wildman–Crippen MR) is 71.8 cm³/mol. The van der Waals surface area contributed by atoms with E-state index in [-0.39, 0.29) is 24.9 Å². The number of carbonyl (C=O) groups excluding carboxylic acids is 1. The van der Waals surface area contributed by atoms with Crippen LogP contribution >= 0.6 is 0 Å². The SMILES string of the molecule is CCN(CC(C)C(=O)O)C(=O)N(C)CCS(C)(=O)=O. The molecule has 112 valence electrons. The molecule has 0 radical (unpaired) electrons. The highest BCUT2D eigenvalue weighted by molar-refractivity contribution is 7.90. The Labute approximate surface area is 114 Å². The number of hydrogen-bond donors (Lipinski definition) is 1. The topological polar surface area (TPSA) is 95.0 Å². The molecule has 0 saturated heterocycles. The number of aliphatic carboxylic acids is 1. The molecule has 0 aliphatic carbocycles. The zero-order chi connectivity index (χ0) is 15.2. The van der Waals surface area contributed by atoms with Gasteiger partial charge < -0.3 is 14.9 Å². The summed E-state index contributed by atoms with van der Waals surface area (Å²) in [5.74, 6) is -1.74. The third-order valence-electron chi connectivity index (χ3n) is 2.69. The van der Waals surface area contributed by atoms with E-state index < -0.39 is 21.7 Å². The fraction of sp³-hybridized carbons (Fsp3) is 0.818. The molecule has 19 heavy (non-hydrogen) atoms. The highest BCUT2D eigenvalue weighted by atomic mass is 32.2. The van der Waals surface area contributed by atoms with Crippen molar-refractivity contribution in [3.05, 3.63) is 0 Å². The molecule has 0 aromatic heterocycles. The molecule has 0 rings (SSSR count). The Hall–Kier alpha value is -1.31. The van der Waals surface area contributed by atoms with Gasteiger partial charge in [0.1, 0.15) is 9.84 Å². The lowest BCUT2D eigenvalue weighted by atomic mass is 10.2. The zero-order valence-corrected chi connectivity index (χ0v) is 12.6. The molecule has 1 atom stereocenters. The lowest BCUT2D eigenvalue weighted by Crippen LogP contribution is -2.45. The van der Waals surface area contributed by atoms with E-state index in [9.17, 15) is 18.0 Å². The van der Waals surface area contributed by atoms with Crippen LogP contribution < -0.4 is 0 Å². The molecule has 1 N–H and O–H groups in total. The highest BCUT2D eigenvalue weighted by Crippen LogP contribution is 2.04. The Morgan fingerprint density at radius 1 is 1.32 bits per heavy atom. The van der Waals surface area contributed by atoms with Gasteiger partial charge >= 0.3 is 12.0 Å². The van der Waals surface area contributed by atoms with Crippen LogP contribution in [-0.4, -0.2) is 74.0 Å². The second-order valence-electron chi connectivity index (χ2n) is 4.61. The molecule has 0 fully saturated rings. The van der Waals surface area contributed by atoms with Crippen LogP contribution in [0, 0.1) is 5.92 Å². The van der Waals surface area contributed by atoms with Crippen molar-refractivity contribution < 1.29 is 23.1 Å². The third kappa shape index (κ3) is 7.00. The first-order valence-electron chi connectivity index (χ1n) is 5.99. The van der Waals surface area contributed by atoms with E-state index in [0.29, 0.717) is 6.54 Å². The smallest absolute Gasteiger partial charge is 0.319 e. The number of rotatable bonds is 7. The van der Waals surface area contributed by atoms with Crippen molar-refractivity contribution in [1.82, 2.24) is 9.80 Å². The lowest BCUT2D eigenvalue weighted by Gasteiger charge is -2.28. The van der Waals surface area contributed by atoms with Gasteiger partial charge in [0.05, 0.1) is 11.7 Å². The monoisotopic (exact) mass is 294 g/mol. The van der Waals surface area contributed by atoms with Gasteiger partial charge in [-0.3, -0.25) is 4.79 Å². The number of carbonyl (C=O) groups is 2. The minimum Gasteiger partial charge on any atom is -0.481 e. The van der Waals surface area contributed by atoms with Gasteiger partial charge in [0.2, 0.25) is 0 Å². The molecule has 0 aromatic carbocycles. The van der Waals surface area contributed by atoms with Gasteiger partial charge in [-0.25, -0.2) is 13.2 Å². The first-order chi connectivity index (χ1) is 8.58. The second kappa shape index (κ2) is 7.32. The van der Waals surface area contributed by atoms with Gasteiger partial charge in [-0.05, 0) is 6.92 Å². The fourth-order valence-electron chi connectivity index (χ4n) is 1.39. The van der Waals surface area contributed by atoms with Crippen molar-refractivity contribution in [1.29, 1.82) is 0 Å². The maximum atomic E-state index is 12.0. The van der Waals surface area contributed by atoms with E-state index in [2.05, 4.69) is 0 Å². The van der Waals surface area contributed by atoms with Crippen LogP contribution in [0.15, 0.2) is 0 Å². The minimum absolute atomic E-state index is 0.0929. The van der Waals surface area contributed by atoms with Gasteiger partial charge in [-0.1, -0.05) is 6.92 Å². The van der Waals surface area contributed by atoms with Crippen LogP contribution in [0.5, 0.6) is 0 Å². The minimum atomic E-state index is -3.13. The van der Waals surface area contributed by atoms with Crippen molar-refractivity contribution in [2.75, 3.05) is 38.7 Å². The Morgan fingerprint density at radius 3 is 2.21 bits per heavy atom. The number of carboxylic acid groups (broad SMARTS) is 1. The zero-order valence-electron chi connectivity index (χ0n) is 11.8. The van der Waals surface area contributed by atoms with Crippen molar-refractivity contribution in [2.24, 2.45) is 5.92 Å². The Bertz CT molecular complexity index is 421. The molecule has 1 unspecified atom stereocenters. The van der Waals surface area contributed by atoms with E-state index in [1.807, 2.05) is 0 Å². The number of urea groups is 1. The third-order valence-corrected chi connectivity index (χ3v) is 3.62. The molecule has 0 aliphatic heterocycles. The van der Waals surface area contributed by atoms with Gasteiger partial charge in [-0.15, -0.1) is 0 Å². The summed E-state index contributed by atoms with van der Waals surface area (Å²) in [5.41, 5.74) is 0. The van der Waals surface area contributed by atoms with Crippen LogP contribution in [0.4, 0.5) is 4.79 Å². The summed E-state index contributed by atoms with van der Waals surface area (Å²) in [5, 5.41) is 8.83. The summed E-state index contributed by atoms with van der Waals surface area (Å²) in [6, 6.07) is -0.362. The molecule has 0 heterocycles. The number of hydrogen-bond acceptors (Lipinski definition) is 4. The summed E-state index contributed by atoms with van der Waals surface area (Å²) < 4.78 is 22.1. The van der Waals surface area contributed by atoms with Crippen molar-refractivity contribution in [2.45, 2.75) is 13.8 Å². The summed E-state index contributed by atoms with van der Waals surface area (Å²) in [4.78, 5) is 25.5. The first kappa shape index (κ1) is 17.7. The average Bonchev–Trinajstić information content (AvgIpc) is 2.30. The van der Waals surface area contributed by atoms with Crippen LogP contribution in [0.3, 0.4) is 0 Å².